The minimum Gasteiger partial charge on any atom is -0.497 e. The highest BCUT2D eigenvalue weighted by molar-refractivity contribution is 9.11. The lowest BCUT2D eigenvalue weighted by Gasteiger charge is -2.12. The van der Waals surface area contributed by atoms with Crippen LogP contribution in [0.5, 0.6) is 5.75 Å². The SMILES string of the molecule is COc1ccc(C(N)c2cc(Br)sc2C)cc1. The number of nitrogens with two attached hydrogens (primary N) is 1. The summed E-state index contributed by atoms with van der Waals surface area (Å²) >= 11 is 5.20. The molecule has 0 bridgehead atoms. The van der Waals surface area contributed by atoms with Crippen molar-refractivity contribution in [2.24, 2.45) is 5.73 Å². The Hall–Kier alpha value is -0.840. The van der Waals surface area contributed by atoms with Crippen LogP contribution in [0.25, 0.3) is 0 Å². The van der Waals surface area contributed by atoms with Crippen LogP contribution in [0.15, 0.2) is 34.1 Å². The second-order valence-corrected chi connectivity index (χ2v) is 6.45. The lowest BCUT2D eigenvalue weighted by molar-refractivity contribution is 0.414. The zero-order valence-electron chi connectivity index (χ0n) is 9.74. The van der Waals surface area contributed by atoms with Gasteiger partial charge < -0.3 is 10.5 Å². The van der Waals surface area contributed by atoms with E-state index < -0.39 is 0 Å². The number of hydrogen-bond acceptors (Lipinski definition) is 3. The molecule has 0 aliphatic heterocycles. The summed E-state index contributed by atoms with van der Waals surface area (Å²) in [6, 6.07) is 9.90. The first kappa shape index (κ1) is 12.6. The van der Waals surface area contributed by atoms with Gasteiger partial charge in [-0.3, -0.25) is 0 Å². The van der Waals surface area contributed by atoms with Crippen molar-refractivity contribution in [3.05, 3.63) is 50.1 Å². The van der Waals surface area contributed by atoms with Gasteiger partial charge in [-0.25, -0.2) is 0 Å². The van der Waals surface area contributed by atoms with Crippen LogP contribution in [-0.2, 0) is 0 Å². The normalized spacial score (nSPS) is 12.5. The zero-order chi connectivity index (χ0) is 12.4. The Morgan fingerprint density at radius 1 is 1.29 bits per heavy atom. The molecule has 0 saturated heterocycles. The lowest BCUT2D eigenvalue weighted by atomic mass is 10.0. The van der Waals surface area contributed by atoms with Crippen LogP contribution in [0, 0.1) is 6.92 Å². The summed E-state index contributed by atoms with van der Waals surface area (Å²) in [4.78, 5) is 1.25. The van der Waals surface area contributed by atoms with Gasteiger partial charge in [-0.2, -0.15) is 0 Å². The summed E-state index contributed by atoms with van der Waals surface area (Å²) in [5, 5.41) is 0. The molecule has 0 radical (unpaired) electrons. The molecule has 1 unspecified atom stereocenters. The second kappa shape index (κ2) is 5.21. The van der Waals surface area contributed by atoms with Gasteiger partial charge in [-0.05, 0) is 52.2 Å². The maximum Gasteiger partial charge on any atom is 0.118 e. The van der Waals surface area contributed by atoms with Crippen LogP contribution >= 0.6 is 27.3 Å². The van der Waals surface area contributed by atoms with E-state index in [1.807, 2.05) is 24.3 Å². The smallest absolute Gasteiger partial charge is 0.118 e. The van der Waals surface area contributed by atoms with Gasteiger partial charge in [-0.15, -0.1) is 11.3 Å². The highest BCUT2D eigenvalue weighted by Gasteiger charge is 2.14. The third kappa shape index (κ3) is 2.70. The van der Waals surface area contributed by atoms with E-state index in [9.17, 15) is 0 Å². The summed E-state index contributed by atoms with van der Waals surface area (Å²) in [5.41, 5.74) is 8.54. The molecule has 1 aromatic heterocycles. The molecule has 90 valence electrons. The fourth-order valence-corrected chi connectivity index (χ4v) is 3.52. The maximum atomic E-state index is 6.27. The number of benzene rings is 1. The number of rotatable bonds is 3. The molecule has 2 rings (SSSR count). The molecule has 1 heterocycles. The summed E-state index contributed by atoms with van der Waals surface area (Å²) in [5.74, 6) is 0.851. The van der Waals surface area contributed by atoms with Gasteiger partial charge in [0.2, 0.25) is 0 Å². The number of aryl methyl sites for hydroxylation is 1. The van der Waals surface area contributed by atoms with Gasteiger partial charge in [0.15, 0.2) is 0 Å². The van der Waals surface area contributed by atoms with Gasteiger partial charge in [0, 0.05) is 4.88 Å². The molecule has 0 aliphatic rings. The fraction of sp³-hybridized carbons (Fsp3) is 0.231. The number of thiophene rings is 1. The van der Waals surface area contributed by atoms with E-state index >= 15 is 0 Å². The number of halogens is 1. The molecule has 1 atom stereocenters. The molecule has 2 aromatic rings. The summed E-state index contributed by atoms with van der Waals surface area (Å²) in [6.07, 6.45) is 0. The largest absolute Gasteiger partial charge is 0.497 e. The predicted octanol–water partition coefficient (Wildman–Crippen LogP) is 3.88. The predicted molar refractivity (Wildman–Crippen MR) is 75.8 cm³/mol. The van der Waals surface area contributed by atoms with E-state index in [2.05, 4.69) is 28.9 Å². The van der Waals surface area contributed by atoms with Gasteiger partial charge in [-0.1, -0.05) is 12.1 Å². The van der Waals surface area contributed by atoms with Crippen LogP contribution in [0.3, 0.4) is 0 Å². The Kier molecular flexibility index (Phi) is 3.86. The number of hydrogen-bond donors (Lipinski definition) is 1. The van der Waals surface area contributed by atoms with Crippen molar-refractivity contribution in [1.29, 1.82) is 0 Å². The van der Waals surface area contributed by atoms with E-state index in [1.54, 1.807) is 18.4 Å². The first-order valence-electron chi connectivity index (χ1n) is 5.27. The van der Waals surface area contributed by atoms with E-state index in [-0.39, 0.29) is 6.04 Å². The number of ether oxygens (including phenoxy) is 1. The van der Waals surface area contributed by atoms with Crippen molar-refractivity contribution < 1.29 is 4.74 Å². The molecular formula is C13H14BrNOS. The zero-order valence-corrected chi connectivity index (χ0v) is 12.1. The molecule has 0 spiro atoms. The monoisotopic (exact) mass is 311 g/mol. The van der Waals surface area contributed by atoms with Crippen LogP contribution in [0.1, 0.15) is 22.0 Å². The minimum atomic E-state index is -0.0801. The second-order valence-electron chi connectivity index (χ2n) is 3.81. The van der Waals surface area contributed by atoms with Crippen molar-refractivity contribution >= 4 is 27.3 Å². The molecule has 17 heavy (non-hydrogen) atoms. The average molecular weight is 312 g/mol. The van der Waals surface area contributed by atoms with Gasteiger partial charge in [0.05, 0.1) is 16.9 Å². The highest BCUT2D eigenvalue weighted by Crippen LogP contribution is 2.32. The molecular weight excluding hydrogens is 298 g/mol. The summed E-state index contributed by atoms with van der Waals surface area (Å²) in [6.45, 7) is 2.09. The van der Waals surface area contributed by atoms with Crippen LogP contribution < -0.4 is 10.5 Å². The molecule has 1 aromatic carbocycles. The third-order valence-electron chi connectivity index (χ3n) is 2.74. The van der Waals surface area contributed by atoms with Crippen LogP contribution in [0.4, 0.5) is 0 Å². The molecule has 0 amide bonds. The van der Waals surface area contributed by atoms with Gasteiger partial charge in [0.1, 0.15) is 5.75 Å². The van der Waals surface area contributed by atoms with Crippen LogP contribution in [0.2, 0.25) is 0 Å². The molecule has 0 saturated carbocycles. The van der Waals surface area contributed by atoms with Crippen molar-refractivity contribution in [3.63, 3.8) is 0 Å². The van der Waals surface area contributed by atoms with Gasteiger partial charge in [0.25, 0.3) is 0 Å². The molecule has 0 aliphatic carbocycles. The van der Waals surface area contributed by atoms with E-state index in [0.717, 1.165) is 15.1 Å². The van der Waals surface area contributed by atoms with Crippen molar-refractivity contribution in [1.82, 2.24) is 0 Å². The Labute approximate surface area is 114 Å². The Bertz CT molecular complexity index is 507. The van der Waals surface area contributed by atoms with Crippen molar-refractivity contribution in [3.8, 4) is 5.75 Å². The number of methoxy groups -OCH3 is 1. The standard InChI is InChI=1S/C13H14BrNOS/c1-8-11(7-12(14)17-8)13(15)9-3-5-10(16-2)6-4-9/h3-7,13H,15H2,1-2H3. The highest BCUT2D eigenvalue weighted by atomic mass is 79.9. The average Bonchev–Trinajstić information content (AvgIpc) is 2.68. The van der Waals surface area contributed by atoms with Gasteiger partial charge >= 0.3 is 0 Å². The molecule has 2 nitrogen and oxygen atoms in total. The fourth-order valence-electron chi connectivity index (χ4n) is 1.76. The topological polar surface area (TPSA) is 35.2 Å². The van der Waals surface area contributed by atoms with Crippen molar-refractivity contribution in [2.45, 2.75) is 13.0 Å². The van der Waals surface area contributed by atoms with E-state index in [4.69, 9.17) is 10.5 Å². The Morgan fingerprint density at radius 2 is 1.94 bits per heavy atom. The van der Waals surface area contributed by atoms with Crippen molar-refractivity contribution in [2.75, 3.05) is 7.11 Å². The molecule has 4 heteroatoms. The Balaban J connectivity index is 2.30. The first-order chi connectivity index (χ1) is 8.11. The van der Waals surface area contributed by atoms with Crippen LogP contribution in [-0.4, -0.2) is 7.11 Å². The minimum absolute atomic E-state index is 0.0801. The maximum absolute atomic E-state index is 6.27. The molecule has 0 fully saturated rings. The third-order valence-corrected chi connectivity index (χ3v) is 4.31. The lowest BCUT2D eigenvalue weighted by Crippen LogP contribution is -2.11. The summed E-state index contributed by atoms with van der Waals surface area (Å²) in [7, 11) is 1.66. The molecule has 2 N–H and O–H groups in total. The van der Waals surface area contributed by atoms with E-state index in [1.165, 1.54) is 10.4 Å². The van der Waals surface area contributed by atoms with E-state index in [0.29, 0.717) is 0 Å². The first-order valence-corrected chi connectivity index (χ1v) is 6.88. The summed E-state index contributed by atoms with van der Waals surface area (Å²) < 4.78 is 6.26. The Morgan fingerprint density at radius 3 is 2.41 bits per heavy atom. The quantitative estimate of drug-likeness (QED) is 0.933.